The lowest BCUT2D eigenvalue weighted by molar-refractivity contribution is -0.137. The number of unbranched alkanes of at least 4 members (excludes halogenated alkanes) is 4. The van der Waals surface area contributed by atoms with E-state index in [0.717, 1.165) is 36.9 Å². The van der Waals surface area contributed by atoms with E-state index in [-0.39, 0.29) is 12.3 Å². The summed E-state index contributed by atoms with van der Waals surface area (Å²) in [5.74, 6) is -0.942. The Hall–Kier alpha value is -2.34. The Kier molecular flexibility index (Phi) is 7.66. The second-order valence-electron chi connectivity index (χ2n) is 6.22. The number of carbonyl (C=O) groups is 2. The highest BCUT2D eigenvalue weighted by Crippen LogP contribution is 2.20. The monoisotopic (exact) mass is 377 g/mol. The standard InChI is InChI=1S/C19H24ClN3O3/c1-14-13-23(16-10-7-6-9-15(16)20)22-18(14)19(26)21-12-8-4-2-3-5-11-17(24)25/h6-7,9-10,13H,2-5,8,11-12H2,1H3,(H,21,26)(H,24,25). The maximum atomic E-state index is 12.3. The molecule has 1 aromatic carbocycles. The van der Waals surface area contributed by atoms with E-state index in [1.807, 2.05) is 25.1 Å². The summed E-state index contributed by atoms with van der Waals surface area (Å²) in [4.78, 5) is 22.7. The largest absolute Gasteiger partial charge is 0.481 e. The molecule has 2 rings (SSSR count). The average molecular weight is 378 g/mol. The molecule has 7 heteroatoms. The number of nitrogens with zero attached hydrogens (tertiary/aromatic N) is 2. The lowest BCUT2D eigenvalue weighted by Gasteiger charge is -2.05. The number of carboxylic acid groups (broad SMARTS) is 1. The van der Waals surface area contributed by atoms with E-state index in [1.54, 1.807) is 16.9 Å². The fraction of sp³-hybridized carbons (Fsp3) is 0.421. The van der Waals surface area contributed by atoms with Crippen LogP contribution in [-0.4, -0.2) is 33.3 Å². The van der Waals surface area contributed by atoms with Crippen LogP contribution in [0.2, 0.25) is 5.02 Å². The van der Waals surface area contributed by atoms with Gasteiger partial charge in [0, 0.05) is 24.7 Å². The third-order valence-electron chi connectivity index (χ3n) is 4.06. The predicted octanol–water partition coefficient (Wildman–Crippen LogP) is 3.99. The smallest absolute Gasteiger partial charge is 0.303 e. The van der Waals surface area contributed by atoms with Crippen molar-refractivity contribution in [1.29, 1.82) is 0 Å². The van der Waals surface area contributed by atoms with Crippen LogP contribution < -0.4 is 5.32 Å². The first-order valence-corrected chi connectivity index (χ1v) is 9.18. The van der Waals surface area contributed by atoms with E-state index in [1.165, 1.54) is 0 Å². The molecule has 0 aliphatic carbocycles. The molecule has 0 saturated heterocycles. The van der Waals surface area contributed by atoms with E-state index in [4.69, 9.17) is 16.7 Å². The second kappa shape index (κ2) is 9.97. The Labute approximate surface area is 158 Å². The van der Waals surface area contributed by atoms with Gasteiger partial charge in [0.15, 0.2) is 5.69 Å². The maximum Gasteiger partial charge on any atom is 0.303 e. The summed E-state index contributed by atoms with van der Waals surface area (Å²) in [6, 6.07) is 7.34. The molecule has 1 heterocycles. The quantitative estimate of drug-likeness (QED) is 0.613. The molecule has 2 N–H and O–H groups in total. The average Bonchev–Trinajstić information content (AvgIpc) is 2.99. The van der Waals surface area contributed by atoms with Crippen LogP contribution in [0.15, 0.2) is 30.5 Å². The number of carboxylic acids is 1. The van der Waals surface area contributed by atoms with Gasteiger partial charge in [-0.3, -0.25) is 9.59 Å². The fourth-order valence-corrected chi connectivity index (χ4v) is 2.88. The third-order valence-corrected chi connectivity index (χ3v) is 4.38. The lowest BCUT2D eigenvalue weighted by Crippen LogP contribution is -2.25. The minimum atomic E-state index is -0.746. The van der Waals surface area contributed by atoms with Crippen LogP contribution in [0.3, 0.4) is 0 Å². The van der Waals surface area contributed by atoms with Gasteiger partial charge < -0.3 is 10.4 Å². The van der Waals surface area contributed by atoms with Gasteiger partial charge in [0.05, 0.1) is 10.7 Å². The number of aromatic nitrogens is 2. The molecule has 0 radical (unpaired) electrons. The Bertz CT molecular complexity index is 758. The van der Waals surface area contributed by atoms with Crippen molar-refractivity contribution in [2.24, 2.45) is 0 Å². The van der Waals surface area contributed by atoms with E-state index < -0.39 is 5.97 Å². The molecule has 0 bridgehead atoms. The fourth-order valence-electron chi connectivity index (χ4n) is 2.66. The van der Waals surface area contributed by atoms with E-state index >= 15 is 0 Å². The molecule has 0 fully saturated rings. The molecule has 1 amide bonds. The lowest BCUT2D eigenvalue weighted by atomic mass is 10.1. The molecule has 0 aliphatic rings. The van der Waals surface area contributed by atoms with Crippen molar-refractivity contribution in [1.82, 2.24) is 15.1 Å². The Balaban J connectivity index is 1.78. The van der Waals surface area contributed by atoms with Crippen LogP contribution in [-0.2, 0) is 4.79 Å². The Morgan fingerprint density at radius 2 is 1.85 bits per heavy atom. The predicted molar refractivity (Wildman–Crippen MR) is 101 cm³/mol. The molecule has 1 aromatic heterocycles. The number of amides is 1. The molecule has 2 aromatic rings. The number of hydrogen-bond donors (Lipinski definition) is 2. The SMILES string of the molecule is Cc1cn(-c2ccccc2Cl)nc1C(=O)NCCCCCCCC(=O)O. The highest BCUT2D eigenvalue weighted by Gasteiger charge is 2.15. The third kappa shape index (κ3) is 5.88. The molecular formula is C19H24ClN3O3. The zero-order valence-corrected chi connectivity index (χ0v) is 15.6. The summed E-state index contributed by atoms with van der Waals surface area (Å²) >= 11 is 6.18. The van der Waals surface area contributed by atoms with Crippen molar-refractivity contribution in [2.75, 3.05) is 6.54 Å². The van der Waals surface area contributed by atoms with Crippen molar-refractivity contribution in [3.05, 3.63) is 46.7 Å². The number of aliphatic carboxylic acids is 1. The first-order valence-electron chi connectivity index (χ1n) is 8.80. The number of aryl methyl sites for hydroxylation is 1. The minimum Gasteiger partial charge on any atom is -0.481 e. The number of benzene rings is 1. The summed E-state index contributed by atoms with van der Waals surface area (Å²) in [6.45, 7) is 2.42. The Morgan fingerprint density at radius 3 is 2.58 bits per heavy atom. The van der Waals surface area contributed by atoms with Gasteiger partial charge in [-0.25, -0.2) is 4.68 Å². The first-order chi connectivity index (χ1) is 12.5. The second-order valence-corrected chi connectivity index (χ2v) is 6.63. The number of hydrogen-bond acceptors (Lipinski definition) is 3. The minimum absolute atomic E-state index is 0.195. The number of rotatable bonds is 10. The van der Waals surface area contributed by atoms with Gasteiger partial charge in [0.1, 0.15) is 0 Å². The van der Waals surface area contributed by atoms with Crippen molar-refractivity contribution in [2.45, 2.75) is 45.4 Å². The van der Waals surface area contributed by atoms with Gasteiger partial charge in [0.25, 0.3) is 5.91 Å². The molecule has 6 nitrogen and oxygen atoms in total. The van der Waals surface area contributed by atoms with Crippen LogP contribution in [0.1, 0.15) is 54.6 Å². The van der Waals surface area contributed by atoms with Crippen LogP contribution >= 0.6 is 11.6 Å². The van der Waals surface area contributed by atoms with Crippen LogP contribution in [0.25, 0.3) is 5.69 Å². The zero-order chi connectivity index (χ0) is 18.9. The maximum absolute atomic E-state index is 12.3. The van der Waals surface area contributed by atoms with Gasteiger partial charge in [-0.15, -0.1) is 0 Å². The molecular weight excluding hydrogens is 354 g/mol. The molecule has 0 atom stereocenters. The highest BCUT2D eigenvalue weighted by atomic mass is 35.5. The van der Waals surface area contributed by atoms with E-state index in [9.17, 15) is 9.59 Å². The summed E-state index contributed by atoms with van der Waals surface area (Å²) < 4.78 is 1.62. The topological polar surface area (TPSA) is 84.2 Å². The summed E-state index contributed by atoms with van der Waals surface area (Å²) in [6.07, 6.45) is 6.43. The summed E-state index contributed by atoms with van der Waals surface area (Å²) in [5.41, 5.74) is 1.92. The number of para-hydroxylation sites is 1. The number of carbonyl (C=O) groups excluding carboxylic acids is 1. The molecule has 26 heavy (non-hydrogen) atoms. The van der Waals surface area contributed by atoms with E-state index in [0.29, 0.717) is 23.7 Å². The van der Waals surface area contributed by atoms with Crippen molar-refractivity contribution >= 4 is 23.5 Å². The molecule has 0 saturated carbocycles. The van der Waals surface area contributed by atoms with E-state index in [2.05, 4.69) is 10.4 Å². The highest BCUT2D eigenvalue weighted by molar-refractivity contribution is 6.32. The van der Waals surface area contributed by atoms with Crippen molar-refractivity contribution < 1.29 is 14.7 Å². The van der Waals surface area contributed by atoms with Gasteiger partial charge in [-0.2, -0.15) is 5.10 Å². The van der Waals surface area contributed by atoms with Gasteiger partial charge >= 0.3 is 5.97 Å². The van der Waals surface area contributed by atoms with Gasteiger partial charge in [-0.05, 0) is 31.9 Å². The number of halogens is 1. The van der Waals surface area contributed by atoms with Crippen molar-refractivity contribution in [3.8, 4) is 5.69 Å². The van der Waals surface area contributed by atoms with Crippen LogP contribution in [0.4, 0.5) is 0 Å². The molecule has 0 unspecified atom stereocenters. The molecule has 0 spiro atoms. The van der Waals surface area contributed by atoms with Crippen LogP contribution in [0.5, 0.6) is 0 Å². The van der Waals surface area contributed by atoms with Gasteiger partial charge in [0.2, 0.25) is 0 Å². The number of nitrogens with one attached hydrogen (secondary N) is 1. The molecule has 0 aliphatic heterocycles. The van der Waals surface area contributed by atoms with Crippen LogP contribution in [0, 0.1) is 6.92 Å². The van der Waals surface area contributed by atoms with Crippen molar-refractivity contribution in [3.63, 3.8) is 0 Å². The zero-order valence-electron chi connectivity index (χ0n) is 14.9. The summed E-state index contributed by atoms with van der Waals surface area (Å²) in [5, 5.41) is 16.4. The first kappa shape index (κ1) is 20.0. The van der Waals surface area contributed by atoms with Gasteiger partial charge in [-0.1, -0.05) is 43.0 Å². The Morgan fingerprint density at radius 1 is 1.15 bits per heavy atom. The summed E-state index contributed by atoms with van der Waals surface area (Å²) in [7, 11) is 0. The normalized spacial score (nSPS) is 10.7. The molecule has 140 valence electrons.